The summed E-state index contributed by atoms with van der Waals surface area (Å²) in [6, 6.07) is 18.6. The Morgan fingerprint density at radius 3 is 2.49 bits per heavy atom. The molecule has 2 aliphatic rings. The lowest BCUT2D eigenvalue weighted by Gasteiger charge is -2.17. The van der Waals surface area contributed by atoms with Gasteiger partial charge in [0.1, 0.15) is 0 Å². The van der Waals surface area contributed by atoms with Gasteiger partial charge in [-0.15, -0.1) is 0 Å². The molecule has 3 N–H and O–H groups in total. The number of fused-ring (bicyclic) bond motifs is 1. The molecule has 0 aromatic heterocycles. The molecule has 0 radical (unpaired) electrons. The van der Waals surface area contributed by atoms with Crippen molar-refractivity contribution < 1.29 is 25.6 Å². The number of carbonyl (C=O) groups excluding carboxylic acids is 2. The average molecular weight is 475 g/mol. The average Bonchev–Trinajstić information content (AvgIpc) is 3.56. The van der Waals surface area contributed by atoms with E-state index in [9.17, 15) is 9.59 Å². The number of aliphatic hydroxyl groups is 1. The number of hydrogen-bond donors (Lipinski definition) is 3. The normalized spacial score (nSPS) is 15.9. The Hall–Kier alpha value is -3.84. The standard InChI is InChI=1S/C28H28N2O5.H2/c1-17-3-9-22(14-23(17)19-4-6-20(7-5-19)26(32)29-18(2)15-31)30-27(33)28(11-12-28)21-8-10-24-25(13-21)35-16-34-24;/h3-10,13-14,18,31H,11-12,15-16H2,1-2H3,(H,29,32)(H,30,33);1H/t18-;/m1./s1. The number of nitrogens with one attached hydrogen (secondary N) is 2. The zero-order valence-corrected chi connectivity index (χ0v) is 19.8. The number of benzene rings is 3. The summed E-state index contributed by atoms with van der Waals surface area (Å²) in [5, 5.41) is 15.0. The predicted octanol–water partition coefficient (Wildman–Crippen LogP) is 4.42. The summed E-state index contributed by atoms with van der Waals surface area (Å²) >= 11 is 0. The molecule has 0 unspecified atom stereocenters. The van der Waals surface area contributed by atoms with Gasteiger partial charge in [-0.2, -0.15) is 0 Å². The van der Waals surface area contributed by atoms with Crippen LogP contribution in [0.15, 0.2) is 60.7 Å². The lowest BCUT2D eigenvalue weighted by atomic mass is 9.94. The van der Waals surface area contributed by atoms with Gasteiger partial charge < -0.3 is 25.2 Å². The predicted molar refractivity (Wildman–Crippen MR) is 135 cm³/mol. The van der Waals surface area contributed by atoms with Crippen LogP contribution in [0.1, 0.15) is 42.7 Å². The third kappa shape index (κ3) is 4.47. The van der Waals surface area contributed by atoms with E-state index in [0.29, 0.717) is 17.1 Å². The Kier molecular flexibility index (Phi) is 5.94. The molecule has 2 amide bonds. The third-order valence-electron chi connectivity index (χ3n) is 6.71. The van der Waals surface area contributed by atoms with Crippen molar-refractivity contribution in [1.29, 1.82) is 0 Å². The van der Waals surface area contributed by atoms with Gasteiger partial charge in [0, 0.05) is 18.7 Å². The number of rotatable bonds is 7. The molecule has 1 saturated carbocycles. The molecule has 1 atom stereocenters. The first-order valence-electron chi connectivity index (χ1n) is 11.7. The summed E-state index contributed by atoms with van der Waals surface area (Å²) in [4.78, 5) is 25.6. The molecule has 3 aromatic rings. The number of aliphatic hydroxyl groups excluding tert-OH is 1. The highest BCUT2D eigenvalue weighted by atomic mass is 16.7. The van der Waals surface area contributed by atoms with Gasteiger partial charge in [0.05, 0.1) is 12.0 Å². The van der Waals surface area contributed by atoms with E-state index in [1.807, 2.05) is 55.5 Å². The summed E-state index contributed by atoms with van der Waals surface area (Å²) in [6.45, 7) is 3.85. The van der Waals surface area contributed by atoms with E-state index in [4.69, 9.17) is 14.6 Å². The zero-order chi connectivity index (χ0) is 24.6. The van der Waals surface area contributed by atoms with Crippen LogP contribution in [0, 0.1) is 6.92 Å². The van der Waals surface area contributed by atoms with Crippen LogP contribution in [-0.2, 0) is 10.2 Å². The van der Waals surface area contributed by atoms with Crippen molar-refractivity contribution in [2.45, 2.75) is 38.1 Å². The highest BCUT2D eigenvalue weighted by Crippen LogP contribution is 2.51. The lowest BCUT2D eigenvalue weighted by molar-refractivity contribution is -0.118. The molecule has 0 spiro atoms. The van der Waals surface area contributed by atoms with Gasteiger partial charge in [0.2, 0.25) is 12.7 Å². The van der Waals surface area contributed by atoms with E-state index < -0.39 is 5.41 Å². The van der Waals surface area contributed by atoms with Crippen molar-refractivity contribution in [2.75, 3.05) is 18.7 Å². The summed E-state index contributed by atoms with van der Waals surface area (Å²) < 4.78 is 10.9. The van der Waals surface area contributed by atoms with Crippen LogP contribution in [0.2, 0.25) is 0 Å². The van der Waals surface area contributed by atoms with Gasteiger partial charge in [0.15, 0.2) is 11.5 Å². The summed E-state index contributed by atoms with van der Waals surface area (Å²) in [5.74, 6) is 1.13. The molecule has 5 rings (SSSR count). The summed E-state index contributed by atoms with van der Waals surface area (Å²) in [7, 11) is 0. The van der Waals surface area contributed by atoms with Crippen molar-refractivity contribution in [3.63, 3.8) is 0 Å². The van der Waals surface area contributed by atoms with Crippen molar-refractivity contribution in [1.82, 2.24) is 5.32 Å². The van der Waals surface area contributed by atoms with Crippen LogP contribution in [0.5, 0.6) is 11.5 Å². The van der Waals surface area contributed by atoms with E-state index in [1.54, 1.807) is 19.1 Å². The molecule has 1 fully saturated rings. The molecule has 1 aliphatic carbocycles. The van der Waals surface area contributed by atoms with Gasteiger partial charge in [0.25, 0.3) is 5.91 Å². The fourth-order valence-electron chi connectivity index (χ4n) is 4.38. The zero-order valence-electron chi connectivity index (χ0n) is 19.8. The second-order valence-electron chi connectivity index (χ2n) is 9.27. The molecule has 0 saturated heterocycles. The van der Waals surface area contributed by atoms with E-state index in [-0.39, 0.29) is 32.7 Å². The van der Waals surface area contributed by atoms with Gasteiger partial charge in [-0.05, 0) is 85.3 Å². The van der Waals surface area contributed by atoms with Gasteiger partial charge >= 0.3 is 0 Å². The molecule has 0 bridgehead atoms. The molecule has 1 aliphatic heterocycles. The minimum Gasteiger partial charge on any atom is -0.454 e. The minimum atomic E-state index is -0.549. The number of anilines is 1. The van der Waals surface area contributed by atoms with Crippen LogP contribution in [-0.4, -0.2) is 36.4 Å². The first kappa shape index (κ1) is 22.9. The van der Waals surface area contributed by atoms with E-state index in [1.165, 1.54) is 0 Å². The maximum Gasteiger partial charge on any atom is 0.251 e. The Morgan fingerprint density at radius 2 is 1.77 bits per heavy atom. The molecule has 3 aromatic carbocycles. The highest BCUT2D eigenvalue weighted by molar-refractivity contribution is 6.02. The number of aryl methyl sites for hydroxylation is 1. The van der Waals surface area contributed by atoms with Crippen molar-refractivity contribution in [3.8, 4) is 22.6 Å². The van der Waals surface area contributed by atoms with E-state index >= 15 is 0 Å². The van der Waals surface area contributed by atoms with Gasteiger partial charge in [-0.3, -0.25) is 9.59 Å². The monoisotopic (exact) mass is 474 g/mol. The maximum absolute atomic E-state index is 13.3. The Balaban J connectivity index is 0.00000304. The smallest absolute Gasteiger partial charge is 0.251 e. The van der Waals surface area contributed by atoms with Crippen molar-refractivity contribution in [3.05, 3.63) is 77.4 Å². The van der Waals surface area contributed by atoms with Crippen LogP contribution in [0.3, 0.4) is 0 Å². The molecule has 7 heteroatoms. The summed E-state index contributed by atoms with van der Waals surface area (Å²) in [6.07, 6.45) is 1.57. The fraction of sp³-hybridized carbons (Fsp3) is 0.286. The first-order chi connectivity index (χ1) is 16.9. The third-order valence-corrected chi connectivity index (χ3v) is 6.71. The minimum absolute atomic E-state index is 0. The molecule has 35 heavy (non-hydrogen) atoms. The van der Waals surface area contributed by atoms with Crippen LogP contribution >= 0.6 is 0 Å². The van der Waals surface area contributed by atoms with Crippen LogP contribution in [0.25, 0.3) is 11.1 Å². The topological polar surface area (TPSA) is 96.9 Å². The van der Waals surface area contributed by atoms with Crippen LogP contribution < -0.4 is 20.1 Å². The molecule has 1 heterocycles. The SMILES string of the molecule is Cc1ccc(NC(=O)C2(c3ccc4c(c3)OCO4)CC2)cc1-c1ccc(C(=O)N[C@H](C)CO)cc1.[HH]. The second-order valence-corrected chi connectivity index (χ2v) is 9.27. The van der Waals surface area contributed by atoms with Crippen LogP contribution in [0.4, 0.5) is 5.69 Å². The van der Waals surface area contributed by atoms with Gasteiger partial charge in [-0.25, -0.2) is 0 Å². The first-order valence-corrected chi connectivity index (χ1v) is 11.7. The summed E-state index contributed by atoms with van der Waals surface area (Å²) in [5.41, 5.74) is 4.62. The maximum atomic E-state index is 13.3. The quantitative estimate of drug-likeness (QED) is 0.471. The molecular weight excluding hydrogens is 444 g/mol. The number of hydrogen-bond acceptors (Lipinski definition) is 5. The largest absolute Gasteiger partial charge is 0.454 e. The van der Waals surface area contributed by atoms with Crippen molar-refractivity contribution >= 4 is 17.5 Å². The van der Waals surface area contributed by atoms with Crippen molar-refractivity contribution in [2.24, 2.45) is 0 Å². The lowest BCUT2D eigenvalue weighted by Crippen LogP contribution is -2.34. The van der Waals surface area contributed by atoms with E-state index in [0.717, 1.165) is 40.8 Å². The molecule has 7 nitrogen and oxygen atoms in total. The van der Waals surface area contributed by atoms with E-state index in [2.05, 4.69) is 10.6 Å². The second kappa shape index (κ2) is 9.07. The van der Waals surface area contributed by atoms with Gasteiger partial charge in [-0.1, -0.05) is 24.3 Å². The molecule has 182 valence electrons. The number of carbonyl (C=O) groups is 2. The fourth-order valence-corrected chi connectivity index (χ4v) is 4.38. The highest BCUT2D eigenvalue weighted by Gasteiger charge is 2.51. The Bertz CT molecular complexity index is 1290. The Labute approximate surface area is 205 Å². The number of ether oxygens (including phenoxy) is 2. The number of amides is 2. The Morgan fingerprint density at radius 1 is 1.03 bits per heavy atom. The molecular formula is C28H30N2O5.